The summed E-state index contributed by atoms with van der Waals surface area (Å²) in [4.78, 5) is 5.38. The molecule has 2 aromatic rings. The Bertz CT molecular complexity index is 515. The van der Waals surface area contributed by atoms with Crippen molar-refractivity contribution >= 4 is 22.4 Å². The van der Waals surface area contributed by atoms with Crippen LogP contribution in [0.2, 0.25) is 0 Å². The third-order valence-corrected chi connectivity index (χ3v) is 3.40. The molecule has 4 nitrogen and oxygen atoms in total. The van der Waals surface area contributed by atoms with E-state index in [0.717, 1.165) is 17.1 Å². The molecule has 0 saturated carbocycles. The highest BCUT2D eigenvalue weighted by molar-refractivity contribution is 7.11. The molecule has 2 N–H and O–H groups in total. The van der Waals surface area contributed by atoms with Crippen molar-refractivity contribution in [1.82, 2.24) is 9.36 Å². The van der Waals surface area contributed by atoms with Crippen LogP contribution in [-0.2, 0) is 0 Å². The summed E-state index contributed by atoms with van der Waals surface area (Å²) in [6, 6.07) is 3.56. The molecule has 7 heteroatoms. The molecule has 2 aromatic heterocycles. The van der Waals surface area contributed by atoms with E-state index in [4.69, 9.17) is 5.73 Å². The lowest BCUT2D eigenvalue weighted by molar-refractivity contribution is 0.156. The third-order valence-electron chi connectivity index (χ3n) is 2.43. The van der Waals surface area contributed by atoms with Crippen molar-refractivity contribution < 1.29 is 8.78 Å². The maximum Gasteiger partial charge on any atom is 0.255 e. The number of pyridine rings is 1. The van der Waals surface area contributed by atoms with E-state index in [1.807, 2.05) is 0 Å². The van der Waals surface area contributed by atoms with Gasteiger partial charge in [0.15, 0.2) is 0 Å². The second-order valence-electron chi connectivity index (χ2n) is 3.76. The van der Waals surface area contributed by atoms with Crippen molar-refractivity contribution in [2.45, 2.75) is 6.43 Å². The molecule has 0 radical (unpaired) electrons. The Kier molecular flexibility index (Phi) is 3.71. The molecule has 2 rings (SSSR count). The van der Waals surface area contributed by atoms with Crippen LogP contribution in [0.25, 0.3) is 11.1 Å². The van der Waals surface area contributed by atoms with Gasteiger partial charge in [-0.05, 0) is 29.2 Å². The SMILES string of the molecule is CN(CC(F)F)c1snc(N)c1-c1ccncc1. The lowest BCUT2D eigenvalue weighted by Crippen LogP contribution is -2.23. The van der Waals surface area contributed by atoms with Crippen LogP contribution in [0, 0.1) is 0 Å². The van der Waals surface area contributed by atoms with Crippen LogP contribution >= 0.6 is 11.5 Å². The van der Waals surface area contributed by atoms with E-state index in [0.29, 0.717) is 16.4 Å². The van der Waals surface area contributed by atoms with Crippen molar-refractivity contribution in [3.63, 3.8) is 0 Å². The zero-order valence-corrected chi connectivity index (χ0v) is 10.5. The van der Waals surface area contributed by atoms with Gasteiger partial charge in [-0.3, -0.25) is 4.98 Å². The first-order valence-corrected chi connectivity index (χ1v) is 6.01. The molecule has 18 heavy (non-hydrogen) atoms. The summed E-state index contributed by atoms with van der Waals surface area (Å²) >= 11 is 1.12. The van der Waals surface area contributed by atoms with Crippen molar-refractivity contribution in [2.75, 3.05) is 24.2 Å². The summed E-state index contributed by atoms with van der Waals surface area (Å²) < 4.78 is 28.9. The molecule has 0 bridgehead atoms. The maximum absolute atomic E-state index is 12.4. The Hall–Kier alpha value is -1.76. The smallest absolute Gasteiger partial charge is 0.255 e. The number of hydrogen-bond acceptors (Lipinski definition) is 5. The van der Waals surface area contributed by atoms with Gasteiger partial charge in [0.2, 0.25) is 0 Å². The Morgan fingerprint density at radius 3 is 2.67 bits per heavy atom. The third kappa shape index (κ3) is 2.56. The molecule has 0 atom stereocenters. The largest absolute Gasteiger partial charge is 0.382 e. The Morgan fingerprint density at radius 1 is 1.39 bits per heavy atom. The zero-order valence-electron chi connectivity index (χ0n) is 9.68. The molecule has 0 unspecified atom stereocenters. The minimum Gasteiger partial charge on any atom is -0.382 e. The lowest BCUT2D eigenvalue weighted by atomic mass is 10.1. The average molecular weight is 270 g/mol. The lowest BCUT2D eigenvalue weighted by Gasteiger charge is -2.18. The molecule has 0 aliphatic rings. The molecular weight excluding hydrogens is 258 g/mol. The monoisotopic (exact) mass is 270 g/mol. The Balaban J connectivity index is 2.39. The number of aromatic nitrogens is 2. The fourth-order valence-corrected chi connectivity index (χ4v) is 2.44. The first-order valence-electron chi connectivity index (χ1n) is 5.24. The van der Waals surface area contributed by atoms with Gasteiger partial charge in [-0.15, -0.1) is 0 Å². The maximum atomic E-state index is 12.4. The van der Waals surface area contributed by atoms with Gasteiger partial charge in [0.05, 0.1) is 12.1 Å². The number of nitrogens with zero attached hydrogens (tertiary/aromatic N) is 3. The van der Waals surface area contributed by atoms with Gasteiger partial charge < -0.3 is 10.6 Å². The van der Waals surface area contributed by atoms with Crippen LogP contribution in [0.3, 0.4) is 0 Å². The van der Waals surface area contributed by atoms with E-state index < -0.39 is 6.43 Å². The molecule has 2 heterocycles. The van der Waals surface area contributed by atoms with Gasteiger partial charge in [0.25, 0.3) is 6.43 Å². The van der Waals surface area contributed by atoms with Crippen LogP contribution in [0.5, 0.6) is 0 Å². The van der Waals surface area contributed by atoms with Crippen LogP contribution in [-0.4, -0.2) is 29.4 Å². The summed E-state index contributed by atoms with van der Waals surface area (Å²) in [6.45, 7) is -0.348. The highest BCUT2D eigenvalue weighted by Crippen LogP contribution is 2.38. The Morgan fingerprint density at radius 2 is 2.06 bits per heavy atom. The first-order chi connectivity index (χ1) is 8.59. The van der Waals surface area contributed by atoms with Gasteiger partial charge in [-0.1, -0.05) is 0 Å². The van der Waals surface area contributed by atoms with E-state index in [1.165, 1.54) is 4.90 Å². The summed E-state index contributed by atoms with van der Waals surface area (Å²) in [5, 5.41) is 0.638. The number of anilines is 2. The van der Waals surface area contributed by atoms with E-state index in [2.05, 4.69) is 9.36 Å². The molecule has 0 aromatic carbocycles. The summed E-state index contributed by atoms with van der Waals surface area (Å²) in [7, 11) is 1.60. The predicted octanol–water partition coefficient (Wildman–Crippen LogP) is 2.49. The highest BCUT2D eigenvalue weighted by atomic mass is 32.1. The molecule has 96 valence electrons. The van der Waals surface area contributed by atoms with Gasteiger partial charge in [0, 0.05) is 19.4 Å². The molecule has 0 amide bonds. The predicted molar refractivity (Wildman–Crippen MR) is 69.0 cm³/mol. The number of hydrogen-bond donors (Lipinski definition) is 1. The van der Waals surface area contributed by atoms with E-state index in [-0.39, 0.29) is 6.54 Å². The van der Waals surface area contributed by atoms with Crippen LogP contribution in [0.4, 0.5) is 19.6 Å². The first kappa shape index (κ1) is 12.7. The quantitative estimate of drug-likeness (QED) is 0.927. The van der Waals surface area contributed by atoms with E-state index >= 15 is 0 Å². The fraction of sp³-hybridized carbons (Fsp3) is 0.273. The zero-order chi connectivity index (χ0) is 13.1. The second-order valence-corrected chi connectivity index (χ2v) is 4.51. The van der Waals surface area contributed by atoms with Crippen LogP contribution in [0.15, 0.2) is 24.5 Å². The number of halogens is 2. The van der Waals surface area contributed by atoms with Crippen molar-refractivity contribution in [1.29, 1.82) is 0 Å². The summed E-state index contributed by atoms with van der Waals surface area (Å²) in [5.74, 6) is 0.349. The van der Waals surface area contributed by atoms with Gasteiger partial charge in [-0.25, -0.2) is 8.78 Å². The average Bonchev–Trinajstić information content (AvgIpc) is 2.71. The molecule has 0 saturated heterocycles. The minimum absolute atomic E-state index is 0.348. The van der Waals surface area contributed by atoms with E-state index in [9.17, 15) is 8.78 Å². The summed E-state index contributed by atoms with van der Waals surface area (Å²) in [5.41, 5.74) is 7.32. The number of alkyl halides is 2. The standard InChI is InChI=1S/C11H12F2N4S/c1-17(6-8(12)13)11-9(10(14)16-18-11)7-2-4-15-5-3-7/h2-5,8H,6H2,1H3,(H2,14,16). The molecule has 0 aliphatic carbocycles. The van der Waals surface area contributed by atoms with Crippen LogP contribution in [0.1, 0.15) is 0 Å². The van der Waals surface area contributed by atoms with Crippen LogP contribution < -0.4 is 10.6 Å². The number of nitrogens with two attached hydrogens (primary N) is 1. The molecule has 0 aliphatic heterocycles. The number of nitrogen functional groups attached to an aromatic ring is 1. The van der Waals surface area contributed by atoms with Crippen molar-refractivity contribution in [2.24, 2.45) is 0 Å². The van der Waals surface area contributed by atoms with E-state index in [1.54, 1.807) is 31.6 Å². The number of rotatable bonds is 4. The normalized spacial score (nSPS) is 10.9. The minimum atomic E-state index is -2.40. The summed E-state index contributed by atoms with van der Waals surface area (Å²) in [6.07, 6.45) is 0.857. The fourth-order valence-electron chi connectivity index (χ4n) is 1.63. The molecular formula is C11H12F2N4S. The van der Waals surface area contributed by atoms with Gasteiger partial charge in [-0.2, -0.15) is 4.37 Å². The highest BCUT2D eigenvalue weighted by Gasteiger charge is 2.19. The Labute approximate surface area is 107 Å². The van der Waals surface area contributed by atoms with Crippen molar-refractivity contribution in [3.8, 4) is 11.1 Å². The van der Waals surface area contributed by atoms with Gasteiger partial charge in [0.1, 0.15) is 10.8 Å². The van der Waals surface area contributed by atoms with Gasteiger partial charge >= 0.3 is 0 Å². The van der Waals surface area contributed by atoms with Crippen molar-refractivity contribution in [3.05, 3.63) is 24.5 Å². The molecule has 0 fully saturated rings. The topological polar surface area (TPSA) is 55.0 Å². The second kappa shape index (κ2) is 5.26. The molecule has 0 spiro atoms.